The van der Waals surface area contributed by atoms with Crippen LogP contribution in [0.4, 0.5) is 0 Å². The fraction of sp³-hybridized carbons (Fsp3) is 0.318. The SMILES string of the molecule is CN(CC(=O)N1CCc2ccccc2C1)S(=O)(=O)c1ccc2c(c1)n(C)c(=O)c(=O)n2C. The van der Waals surface area contributed by atoms with Crippen molar-refractivity contribution in [3.8, 4) is 0 Å². The fourth-order valence-corrected chi connectivity index (χ4v) is 5.13. The molecule has 0 saturated carbocycles. The Morgan fingerprint density at radius 2 is 1.59 bits per heavy atom. The van der Waals surface area contributed by atoms with Crippen LogP contribution in [-0.4, -0.2) is 52.8 Å². The molecule has 32 heavy (non-hydrogen) atoms. The van der Waals surface area contributed by atoms with Crippen LogP contribution >= 0.6 is 0 Å². The largest absolute Gasteiger partial charge is 0.337 e. The molecule has 10 heteroatoms. The van der Waals surface area contributed by atoms with Crippen LogP contribution in [0.25, 0.3) is 11.0 Å². The molecule has 4 rings (SSSR count). The van der Waals surface area contributed by atoms with Gasteiger partial charge in [0.2, 0.25) is 15.9 Å². The second kappa shape index (κ2) is 8.03. The average molecular weight is 457 g/mol. The van der Waals surface area contributed by atoms with Crippen LogP contribution in [0.15, 0.2) is 56.9 Å². The molecule has 0 saturated heterocycles. The lowest BCUT2D eigenvalue weighted by Gasteiger charge is -2.30. The molecule has 0 N–H and O–H groups in total. The number of carbonyl (C=O) groups excluding carboxylic acids is 1. The Bertz CT molecular complexity index is 1460. The van der Waals surface area contributed by atoms with Gasteiger partial charge in [0.15, 0.2) is 0 Å². The first-order valence-corrected chi connectivity index (χ1v) is 11.6. The first-order chi connectivity index (χ1) is 15.1. The highest BCUT2D eigenvalue weighted by Crippen LogP contribution is 2.21. The number of carbonyl (C=O) groups is 1. The molecule has 0 spiro atoms. The number of likely N-dealkylation sites (N-methyl/N-ethyl adjacent to an activating group) is 1. The number of amides is 1. The summed E-state index contributed by atoms with van der Waals surface area (Å²) in [5, 5.41) is 0. The van der Waals surface area contributed by atoms with Crippen molar-refractivity contribution >= 4 is 27.0 Å². The van der Waals surface area contributed by atoms with Crippen molar-refractivity contribution in [1.29, 1.82) is 0 Å². The van der Waals surface area contributed by atoms with Gasteiger partial charge in [0, 0.05) is 34.2 Å². The van der Waals surface area contributed by atoms with E-state index < -0.39 is 21.1 Å². The molecule has 0 atom stereocenters. The lowest BCUT2D eigenvalue weighted by Crippen LogP contribution is -2.43. The van der Waals surface area contributed by atoms with Crippen LogP contribution in [-0.2, 0) is 41.9 Å². The summed E-state index contributed by atoms with van der Waals surface area (Å²) in [4.78, 5) is 38.6. The van der Waals surface area contributed by atoms with Crippen LogP contribution in [0.3, 0.4) is 0 Å². The third-order valence-electron chi connectivity index (χ3n) is 6.01. The van der Waals surface area contributed by atoms with Crippen LogP contribution in [0.2, 0.25) is 0 Å². The summed E-state index contributed by atoms with van der Waals surface area (Å²) in [7, 11) is 0.243. The second-order valence-electron chi connectivity index (χ2n) is 7.97. The molecule has 0 bridgehead atoms. The maximum Gasteiger partial charge on any atom is 0.316 e. The van der Waals surface area contributed by atoms with Crippen LogP contribution in [0.1, 0.15) is 11.1 Å². The van der Waals surface area contributed by atoms with Gasteiger partial charge in [-0.25, -0.2) is 8.42 Å². The summed E-state index contributed by atoms with van der Waals surface area (Å²) in [5.74, 6) is -0.277. The zero-order valence-corrected chi connectivity index (χ0v) is 18.9. The third kappa shape index (κ3) is 3.65. The predicted molar refractivity (Wildman–Crippen MR) is 120 cm³/mol. The van der Waals surface area contributed by atoms with Crippen molar-refractivity contribution in [3.05, 3.63) is 74.3 Å². The molecule has 0 unspecified atom stereocenters. The van der Waals surface area contributed by atoms with Gasteiger partial charge >= 0.3 is 11.1 Å². The summed E-state index contributed by atoms with van der Waals surface area (Å²) in [6, 6.07) is 12.1. The molecule has 0 aliphatic carbocycles. The highest BCUT2D eigenvalue weighted by molar-refractivity contribution is 7.89. The number of rotatable bonds is 4. The molecular formula is C22H24N4O5S. The van der Waals surface area contributed by atoms with Gasteiger partial charge in [0.05, 0.1) is 22.5 Å². The van der Waals surface area contributed by atoms with E-state index in [1.807, 2.05) is 24.3 Å². The Morgan fingerprint density at radius 3 is 2.28 bits per heavy atom. The molecule has 168 valence electrons. The van der Waals surface area contributed by atoms with Gasteiger partial charge in [-0.3, -0.25) is 14.4 Å². The Hall–Kier alpha value is -3.24. The number of benzene rings is 2. The summed E-state index contributed by atoms with van der Waals surface area (Å²) < 4.78 is 29.6. The smallest absolute Gasteiger partial charge is 0.316 e. The quantitative estimate of drug-likeness (QED) is 0.531. The summed E-state index contributed by atoms with van der Waals surface area (Å²) in [5.41, 5.74) is 1.57. The monoisotopic (exact) mass is 456 g/mol. The molecule has 1 amide bonds. The summed E-state index contributed by atoms with van der Waals surface area (Å²) >= 11 is 0. The van der Waals surface area contributed by atoms with Crippen molar-refractivity contribution in [2.24, 2.45) is 14.1 Å². The number of hydrogen-bond acceptors (Lipinski definition) is 5. The predicted octanol–water partition coefficient (Wildman–Crippen LogP) is 0.443. The highest BCUT2D eigenvalue weighted by atomic mass is 32.2. The lowest BCUT2D eigenvalue weighted by molar-refractivity contribution is -0.132. The highest BCUT2D eigenvalue weighted by Gasteiger charge is 2.27. The molecule has 0 fully saturated rings. The second-order valence-corrected chi connectivity index (χ2v) is 10.0. The van der Waals surface area contributed by atoms with Gasteiger partial charge in [-0.05, 0) is 35.7 Å². The minimum atomic E-state index is -3.99. The molecular weight excluding hydrogens is 432 g/mol. The van der Waals surface area contributed by atoms with Crippen LogP contribution in [0, 0.1) is 0 Å². The Balaban J connectivity index is 1.59. The van der Waals surface area contributed by atoms with Crippen molar-refractivity contribution in [3.63, 3.8) is 0 Å². The average Bonchev–Trinajstić information content (AvgIpc) is 2.80. The molecule has 9 nitrogen and oxygen atoms in total. The molecule has 1 aliphatic rings. The van der Waals surface area contributed by atoms with Gasteiger partial charge < -0.3 is 14.0 Å². The van der Waals surface area contributed by atoms with E-state index in [0.29, 0.717) is 24.1 Å². The van der Waals surface area contributed by atoms with E-state index in [0.717, 1.165) is 20.9 Å². The number of fused-ring (bicyclic) bond motifs is 2. The maximum atomic E-state index is 13.1. The molecule has 2 heterocycles. The number of aromatic nitrogens is 2. The number of sulfonamides is 1. The van der Waals surface area contributed by atoms with Crippen molar-refractivity contribution in [1.82, 2.24) is 18.3 Å². The minimum absolute atomic E-state index is 0.0575. The van der Waals surface area contributed by atoms with Crippen molar-refractivity contribution < 1.29 is 13.2 Å². The van der Waals surface area contributed by atoms with E-state index >= 15 is 0 Å². The van der Waals surface area contributed by atoms with Crippen LogP contribution in [0.5, 0.6) is 0 Å². The maximum absolute atomic E-state index is 13.1. The van der Waals surface area contributed by atoms with E-state index in [1.165, 1.54) is 49.5 Å². The van der Waals surface area contributed by atoms with E-state index in [4.69, 9.17) is 0 Å². The Morgan fingerprint density at radius 1 is 0.969 bits per heavy atom. The van der Waals surface area contributed by atoms with Gasteiger partial charge in [0.1, 0.15) is 0 Å². The van der Waals surface area contributed by atoms with Gasteiger partial charge in [-0.2, -0.15) is 4.31 Å². The normalized spacial score (nSPS) is 14.1. The topological polar surface area (TPSA) is 102 Å². The number of aryl methyl sites for hydroxylation is 2. The fourth-order valence-electron chi connectivity index (χ4n) is 3.99. The van der Waals surface area contributed by atoms with Gasteiger partial charge in [-0.15, -0.1) is 0 Å². The van der Waals surface area contributed by atoms with E-state index in [-0.39, 0.29) is 17.3 Å². The molecule has 2 aromatic carbocycles. The zero-order valence-electron chi connectivity index (χ0n) is 18.1. The zero-order chi connectivity index (χ0) is 23.2. The van der Waals surface area contributed by atoms with E-state index in [9.17, 15) is 22.8 Å². The first-order valence-electron chi connectivity index (χ1n) is 10.1. The number of nitrogens with zero attached hydrogens (tertiary/aromatic N) is 4. The lowest BCUT2D eigenvalue weighted by atomic mass is 10.00. The molecule has 3 aromatic rings. The number of hydrogen-bond donors (Lipinski definition) is 0. The summed E-state index contributed by atoms with van der Waals surface area (Å²) in [6.45, 7) is 0.694. The van der Waals surface area contributed by atoms with Gasteiger partial charge in [0.25, 0.3) is 0 Å². The van der Waals surface area contributed by atoms with Crippen LogP contribution < -0.4 is 11.1 Å². The standard InChI is InChI=1S/C22H24N4O5S/c1-23(14-20(27)26-11-10-15-6-4-5-7-16(15)13-26)32(30,31)17-8-9-18-19(12-17)25(3)22(29)21(28)24(18)2/h4-9,12H,10-11,13-14H2,1-3H3. The molecule has 1 aliphatic heterocycles. The molecule has 1 aromatic heterocycles. The Labute approximate surface area is 185 Å². The van der Waals surface area contributed by atoms with Crippen molar-refractivity contribution in [2.45, 2.75) is 17.9 Å². The third-order valence-corrected chi connectivity index (χ3v) is 7.81. The molecule has 0 radical (unpaired) electrons. The van der Waals surface area contributed by atoms with Gasteiger partial charge in [-0.1, -0.05) is 24.3 Å². The minimum Gasteiger partial charge on any atom is -0.337 e. The van der Waals surface area contributed by atoms with Crippen molar-refractivity contribution in [2.75, 3.05) is 20.1 Å². The van der Waals surface area contributed by atoms with E-state index in [1.54, 1.807) is 4.90 Å². The first kappa shape index (κ1) is 22.0. The van der Waals surface area contributed by atoms with E-state index in [2.05, 4.69) is 0 Å². The summed E-state index contributed by atoms with van der Waals surface area (Å²) in [6.07, 6.45) is 0.732. The Kier molecular flexibility index (Phi) is 5.51.